The zero-order valence-electron chi connectivity index (χ0n) is 6.94. The Kier molecular flexibility index (Phi) is 2.92. The molecule has 0 unspecified atom stereocenters. The molecule has 0 heterocycles. The molecule has 0 aliphatic heterocycles. The number of nitrogens with zero attached hydrogens (tertiary/aromatic N) is 1. The maximum atomic E-state index is 3.76. The molecule has 1 heteroatoms. The van der Waals surface area contributed by atoms with Crippen LogP contribution in [0.25, 0.3) is 0 Å². The lowest BCUT2D eigenvalue weighted by atomic mass is 10.0. The van der Waals surface area contributed by atoms with E-state index in [0.29, 0.717) is 0 Å². The fraction of sp³-hybridized carbons (Fsp3) is 0.750. The first kappa shape index (κ1) is 8.70. The van der Waals surface area contributed by atoms with E-state index < -0.39 is 0 Å². The van der Waals surface area contributed by atoms with E-state index in [1.54, 1.807) is 0 Å². The fourth-order valence-electron chi connectivity index (χ4n) is 0.563. The van der Waals surface area contributed by atoms with E-state index in [-0.39, 0.29) is 5.54 Å². The number of rotatable bonds is 3. The van der Waals surface area contributed by atoms with Crippen LogP contribution in [0, 0.1) is 0 Å². The van der Waals surface area contributed by atoms with Crippen molar-refractivity contribution in [3.05, 3.63) is 12.7 Å². The second-order valence-electron chi connectivity index (χ2n) is 2.87. The average Bonchev–Trinajstić information content (AvgIpc) is 1.86. The van der Waals surface area contributed by atoms with Gasteiger partial charge in [0.15, 0.2) is 0 Å². The Bertz CT molecular complexity index is 94.7. The maximum Gasteiger partial charge on any atom is 0.0329 e. The van der Waals surface area contributed by atoms with Crippen molar-refractivity contribution in [3.63, 3.8) is 0 Å². The number of likely N-dealkylation sites (N-methyl/N-ethyl adjacent to an activating group) is 1. The standard InChI is InChI=1S/C8H17N/c1-6-8(3,4)9(5)7-2/h6H,1,7H2,2-5H3. The van der Waals surface area contributed by atoms with Crippen molar-refractivity contribution in [2.75, 3.05) is 13.6 Å². The molecular weight excluding hydrogens is 110 g/mol. The third-order valence-corrected chi connectivity index (χ3v) is 1.96. The third kappa shape index (κ3) is 2.19. The van der Waals surface area contributed by atoms with Crippen molar-refractivity contribution in [3.8, 4) is 0 Å². The van der Waals surface area contributed by atoms with Crippen LogP contribution in [0.4, 0.5) is 0 Å². The quantitative estimate of drug-likeness (QED) is 0.523. The molecule has 0 aromatic heterocycles. The topological polar surface area (TPSA) is 3.24 Å². The lowest BCUT2D eigenvalue weighted by Crippen LogP contribution is -2.38. The Morgan fingerprint density at radius 3 is 2.11 bits per heavy atom. The zero-order chi connectivity index (χ0) is 7.49. The first-order valence-electron chi connectivity index (χ1n) is 3.39. The Hall–Kier alpha value is -0.300. The molecule has 0 saturated heterocycles. The van der Waals surface area contributed by atoms with Crippen LogP contribution in [0.5, 0.6) is 0 Å². The Morgan fingerprint density at radius 1 is 1.56 bits per heavy atom. The molecule has 0 aromatic carbocycles. The minimum Gasteiger partial charge on any atom is -0.298 e. The first-order valence-corrected chi connectivity index (χ1v) is 3.39. The lowest BCUT2D eigenvalue weighted by Gasteiger charge is -2.31. The lowest BCUT2D eigenvalue weighted by molar-refractivity contribution is 0.216. The highest BCUT2D eigenvalue weighted by atomic mass is 15.1. The van der Waals surface area contributed by atoms with Gasteiger partial charge in [0.05, 0.1) is 0 Å². The van der Waals surface area contributed by atoms with Gasteiger partial charge < -0.3 is 0 Å². The summed E-state index contributed by atoms with van der Waals surface area (Å²) in [5, 5.41) is 0. The molecule has 0 amide bonds. The van der Waals surface area contributed by atoms with E-state index in [9.17, 15) is 0 Å². The second kappa shape index (κ2) is 3.02. The minimum atomic E-state index is 0.148. The fourth-order valence-corrected chi connectivity index (χ4v) is 0.563. The summed E-state index contributed by atoms with van der Waals surface area (Å²) in [6, 6.07) is 0. The van der Waals surface area contributed by atoms with E-state index in [1.165, 1.54) is 0 Å². The summed E-state index contributed by atoms with van der Waals surface area (Å²) in [4.78, 5) is 2.25. The molecule has 0 rings (SSSR count). The average molecular weight is 127 g/mol. The van der Waals surface area contributed by atoms with Crippen LogP contribution < -0.4 is 0 Å². The molecule has 0 aromatic rings. The number of hydrogen-bond donors (Lipinski definition) is 0. The van der Waals surface area contributed by atoms with E-state index in [1.807, 2.05) is 6.08 Å². The molecule has 0 saturated carbocycles. The SMILES string of the molecule is C=CC(C)(C)N(C)CC. The van der Waals surface area contributed by atoms with Crippen LogP contribution in [0.1, 0.15) is 20.8 Å². The smallest absolute Gasteiger partial charge is 0.0329 e. The molecule has 9 heavy (non-hydrogen) atoms. The van der Waals surface area contributed by atoms with Gasteiger partial charge in [-0.05, 0) is 27.4 Å². The van der Waals surface area contributed by atoms with Gasteiger partial charge in [0.1, 0.15) is 0 Å². The summed E-state index contributed by atoms with van der Waals surface area (Å²) < 4.78 is 0. The van der Waals surface area contributed by atoms with E-state index in [4.69, 9.17) is 0 Å². The third-order valence-electron chi connectivity index (χ3n) is 1.96. The minimum absolute atomic E-state index is 0.148. The predicted molar refractivity (Wildman–Crippen MR) is 42.6 cm³/mol. The van der Waals surface area contributed by atoms with Crippen LogP contribution in [0.3, 0.4) is 0 Å². The zero-order valence-corrected chi connectivity index (χ0v) is 6.94. The Morgan fingerprint density at radius 2 is 2.00 bits per heavy atom. The summed E-state index contributed by atoms with van der Waals surface area (Å²) in [7, 11) is 2.10. The summed E-state index contributed by atoms with van der Waals surface area (Å²) in [5.41, 5.74) is 0.148. The predicted octanol–water partition coefficient (Wildman–Crippen LogP) is 1.90. The van der Waals surface area contributed by atoms with Crippen LogP contribution >= 0.6 is 0 Å². The van der Waals surface area contributed by atoms with Gasteiger partial charge in [0.2, 0.25) is 0 Å². The van der Waals surface area contributed by atoms with Crippen molar-refractivity contribution in [2.45, 2.75) is 26.3 Å². The van der Waals surface area contributed by atoms with Gasteiger partial charge in [-0.15, -0.1) is 6.58 Å². The van der Waals surface area contributed by atoms with Crippen LogP contribution in [0.15, 0.2) is 12.7 Å². The Labute approximate surface area is 58.4 Å². The van der Waals surface area contributed by atoms with Gasteiger partial charge in [0.25, 0.3) is 0 Å². The van der Waals surface area contributed by atoms with Gasteiger partial charge in [-0.25, -0.2) is 0 Å². The normalized spacial score (nSPS) is 12.1. The van der Waals surface area contributed by atoms with Gasteiger partial charge >= 0.3 is 0 Å². The molecule has 1 nitrogen and oxygen atoms in total. The van der Waals surface area contributed by atoms with E-state index in [0.717, 1.165) is 6.54 Å². The molecule has 0 radical (unpaired) electrons. The van der Waals surface area contributed by atoms with Gasteiger partial charge in [-0.1, -0.05) is 13.0 Å². The molecule has 0 fully saturated rings. The van der Waals surface area contributed by atoms with E-state index >= 15 is 0 Å². The molecule has 0 bridgehead atoms. The van der Waals surface area contributed by atoms with Crippen molar-refractivity contribution < 1.29 is 0 Å². The highest BCUT2D eigenvalue weighted by molar-refractivity contribution is 4.95. The number of hydrogen-bond acceptors (Lipinski definition) is 1. The summed E-state index contributed by atoms with van der Waals surface area (Å²) in [6.45, 7) is 11.3. The molecular formula is C8H17N. The molecule has 0 aliphatic carbocycles. The first-order chi connectivity index (χ1) is 4.04. The molecule has 0 spiro atoms. The molecule has 0 N–H and O–H groups in total. The van der Waals surface area contributed by atoms with Crippen LogP contribution in [-0.4, -0.2) is 24.0 Å². The van der Waals surface area contributed by atoms with Crippen LogP contribution in [0.2, 0.25) is 0 Å². The summed E-state index contributed by atoms with van der Waals surface area (Å²) >= 11 is 0. The van der Waals surface area contributed by atoms with Crippen molar-refractivity contribution in [1.29, 1.82) is 0 Å². The van der Waals surface area contributed by atoms with E-state index in [2.05, 4.69) is 39.3 Å². The Balaban J connectivity index is 3.95. The van der Waals surface area contributed by atoms with Gasteiger partial charge in [-0.2, -0.15) is 0 Å². The van der Waals surface area contributed by atoms with Gasteiger partial charge in [-0.3, -0.25) is 4.90 Å². The largest absolute Gasteiger partial charge is 0.298 e. The van der Waals surface area contributed by atoms with Crippen LogP contribution in [-0.2, 0) is 0 Å². The van der Waals surface area contributed by atoms with Gasteiger partial charge in [0, 0.05) is 5.54 Å². The van der Waals surface area contributed by atoms with Crippen molar-refractivity contribution in [1.82, 2.24) is 4.90 Å². The van der Waals surface area contributed by atoms with Crippen molar-refractivity contribution in [2.24, 2.45) is 0 Å². The molecule has 0 atom stereocenters. The highest BCUT2D eigenvalue weighted by Gasteiger charge is 2.16. The second-order valence-corrected chi connectivity index (χ2v) is 2.87. The summed E-state index contributed by atoms with van der Waals surface area (Å²) in [5.74, 6) is 0. The summed E-state index contributed by atoms with van der Waals surface area (Å²) in [6.07, 6.45) is 1.97. The molecule has 54 valence electrons. The maximum absolute atomic E-state index is 3.76. The van der Waals surface area contributed by atoms with Crippen molar-refractivity contribution >= 4 is 0 Å². The molecule has 0 aliphatic rings. The highest BCUT2D eigenvalue weighted by Crippen LogP contribution is 2.11. The monoisotopic (exact) mass is 127 g/mol.